The number of alkyl halides is 6. The van der Waals surface area contributed by atoms with Gasteiger partial charge < -0.3 is 10.6 Å². The van der Waals surface area contributed by atoms with Gasteiger partial charge in [-0.25, -0.2) is 0 Å². The highest BCUT2D eigenvalue weighted by Gasteiger charge is 2.34. The maximum Gasteiger partial charge on any atom is 0.418 e. The number of amides is 1. The third kappa shape index (κ3) is 5.52. The van der Waals surface area contributed by atoms with E-state index in [1.807, 2.05) is 0 Å². The molecular weight excluding hydrogens is 302 g/mol. The van der Waals surface area contributed by atoms with Crippen LogP contribution < -0.4 is 10.6 Å². The Hall–Kier alpha value is -1.93. The van der Waals surface area contributed by atoms with E-state index in [-0.39, 0.29) is 5.69 Å². The highest BCUT2D eigenvalue weighted by molar-refractivity contribution is 5.84. The number of para-hydroxylation sites is 1. The quantitative estimate of drug-likeness (QED) is 0.838. The molecule has 1 rings (SSSR count). The Bertz CT molecular complexity index is 497. The molecule has 0 aliphatic heterocycles. The third-order valence-corrected chi connectivity index (χ3v) is 2.46. The highest BCUT2D eigenvalue weighted by Crippen LogP contribution is 2.34. The van der Waals surface area contributed by atoms with Crippen LogP contribution in [0.1, 0.15) is 12.5 Å². The molecule has 0 fully saturated rings. The number of rotatable bonds is 4. The monoisotopic (exact) mass is 314 g/mol. The fraction of sp³-hybridized carbons (Fsp3) is 0.417. The van der Waals surface area contributed by atoms with Crippen LogP contribution in [0.25, 0.3) is 0 Å². The van der Waals surface area contributed by atoms with Crippen LogP contribution >= 0.6 is 0 Å². The Morgan fingerprint density at radius 1 is 1.14 bits per heavy atom. The maximum atomic E-state index is 12.7. The lowest BCUT2D eigenvalue weighted by atomic mass is 10.1. The molecule has 1 aromatic rings. The lowest BCUT2D eigenvalue weighted by Crippen LogP contribution is -2.42. The van der Waals surface area contributed by atoms with Crippen molar-refractivity contribution in [2.24, 2.45) is 0 Å². The second-order valence-electron chi connectivity index (χ2n) is 4.24. The van der Waals surface area contributed by atoms with Crippen molar-refractivity contribution >= 4 is 11.6 Å². The van der Waals surface area contributed by atoms with Crippen molar-refractivity contribution in [2.45, 2.75) is 25.3 Å². The molecule has 0 heterocycles. The average molecular weight is 314 g/mol. The molecule has 1 aromatic carbocycles. The van der Waals surface area contributed by atoms with Crippen LogP contribution in [-0.4, -0.2) is 24.7 Å². The van der Waals surface area contributed by atoms with E-state index in [0.717, 1.165) is 12.1 Å². The molecule has 2 N–H and O–H groups in total. The second-order valence-corrected chi connectivity index (χ2v) is 4.24. The summed E-state index contributed by atoms with van der Waals surface area (Å²) in [5.74, 6) is -1.05. The summed E-state index contributed by atoms with van der Waals surface area (Å²) in [5, 5.41) is 3.85. The first-order valence-corrected chi connectivity index (χ1v) is 5.78. The van der Waals surface area contributed by atoms with Crippen molar-refractivity contribution < 1.29 is 31.1 Å². The van der Waals surface area contributed by atoms with Gasteiger partial charge in [0, 0.05) is 5.69 Å². The van der Waals surface area contributed by atoms with Gasteiger partial charge in [0.2, 0.25) is 5.91 Å². The number of carbonyl (C=O) groups is 1. The van der Waals surface area contributed by atoms with Crippen LogP contribution in [0.2, 0.25) is 0 Å². The minimum atomic E-state index is -4.63. The molecule has 118 valence electrons. The number of anilines is 1. The summed E-state index contributed by atoms with van der Waals surface area (Å²) >= 11 is 0. The molecule has 9 heteroatoms. The van der Waals surface area contributed by atoms with E-state index < -0.39 is 36.4 Å². The van der Waals surface area contributed by atoms with Gasteiger partial charge in [0.25, 0.3) is 0 Å². The van der Waals surface area contributed by atoms with Gasteiger partial charge in [0.05, 0.1) is 5.56 Å². The van der Waals surface area contributed by atoms with Crippen molar-refractivity contribution in [3.8, 4) is 0 Å². The number of halogens is 6. The molecule has 0 bridgehead atoms. The summed E-state index contributed by atoms with van der Waals surface area (Å²) in [4.78, 5) is 11.4. The summed E-state index contributed by atoms with van der Waals surface area (Å²) in [6.07, 6.45) is -9.22. The zero-order valence-corrected chi connectivity index (χ0v) is 10.8. The number of carbonyl (C=O) groups excluding carboxylic acids is 1. The van der Waals surface area contributed by atoms with Gasteiger partial charge in [0.1, 0.15) is 12.6 Å². The van der Waals surface area contributed by atoms with E-state index in [4.69, 9.17) is 0 Å². The van der Waals surface area contributed by atoms with Crippen LogP contribution in [0, 0.1) is 0 Å². The van der Waals surface area contributed by atoms with E-state index >= 15 is 0 Å². The predicted octanol–water partition coefficient (Wildman–Crippen LogP) is 3.18. The fourth-order valence-corrected chi connectivity index (χ4v) is 1.50. The Labute approximate surface area is 116 Å². The van der Waals surface area contributed by atoms with Crippen LogP contribution in [0.3, 0.4) is 0 Å². The lowest BCUT2D eigenvalue weighted by molar-refractivity contribution is -0.138. The molecule has 0 saturated carbocycles. The maximum absolute atomic E-state index is 12.7. The van der Waals surface area contributed by atoms with Gasteiger partial charge in [-0.15, -0.1) is 0 Å². The zero-order valence-electron chi connectivity index (χ0n) is 10.8. The van der Waals surface area contributed by atoms with E-state index in [1.54, 1.807) is 5.32 Å². The molecule has 0 aliphatic carbocycles. The van der Waals surface area contributed by atoms with Gasteiger partial charge in [-0.1, -0.05) is 12.1 Å². The molecule has 1 amide bonds. The molecule has 0 spiro atoms. The van der Waals surface area contributed by atoms with E-state index in [0.29, 0.717) is 0 Å². The molecule has 0 saturated heterocycles. The second kappa shape index (κ2) is 6.23. The molecule has 0 aliphatic rings. The van der Waals surface area contributed by atoms with E-state index in [1.165, 1.54) is 19.1 Å². The fourth-order valence-electron chi connectivity index (χ4n) is 1.50. The summed E-state index contributed by atoms with van der Waals surface area (Å²) < 4.78 is 74.0. The van der Waals surface area contributed by atoms with Gasteiger partial charge >= 0.3 is 12.4 Å². The highest BCUT2D eigenvalue weighted by atomic mass is 19.4. The molecular formula is C12H12F6N2O. The Morgan fingerprint density at radius 2 is 1.71 bits per heavy atom. The first-order chi connectivity index (χ1) is 9.50. The summed E-state index contributed by atoms with van der Waals surface area (Å²) in [7, 11) is 0. The standard InChI is InChI=1S/C12H12F6N2O/c1-7(10(21)19-6-11(13,14)15)20-9-5-3-2-4-8(9)12(16,17)18/h2-5,7,20H,6H2,1H3,(H,19,21). The zero-order chi connectivity index (χ0) is 16.3. The van der Waals surface area contributed by atoms with Crippen LogP contribution in [-0.2, 0) is 11.0 Å². The molecule has 1 unspecified atom stereocenters. The topological polar surface area (TPSA) is 41.1 Å². The van der Waals surface area contributed by atoms with Crippen molar-refractivity contribution in [1.29, 1.82) is 0 Å². The predicted molar refractivity (Wildman–Crippen MR) is 63.6 cm³/mol. The molecule has 1 atom stereocenters. The first-order valence-electron chi connectivity index (χ1n) is 5.78. The van der Waals surface area contributed by atoms with Gasteiger partial charge in [0.15, 0.2) is 0 Å². The molecule has 3 nitrogen and oxygen atoms in total. The summed E-state index contributed by atoms with van der Waals surface area (Å²) in [6.45, 7) is -0.377. The minimum absolute atomic E-state index is 0.375. The van der Waals surface area contributed by atoms with E-state index in [9.17, 15) is 31.1 Å². The normalized spacial score (nSPS) is 13.7. The minimum Gasteiger partial charge on any atom is -0.373 e. The van der Waals surface area contributed by atoms with Crippen molar-refractivity contribution in [2.75, 3.05) is 11.9 Å². The SMILES string of the molecule is CC(Nc1ccccc1C(F)(F)F)C(=O)NCC(F)(F)F. The van der Waals surface area contributed by atoms with Crippen molar-refractivity contribution in [1.82, 2.24) is 5.32 Å². The molecule has 0 aromatic heterocycles. The number of hydrogen-bond acceptors (Lipinski definition) is 2. The average Bonchev–Trinajstić information content (AvgIpc) is 2.34. The van der Waals surface area contributed by atoms with Crippen LogP contribution in [0.5, 0.6) is 0 Å². The van der Waals surface area contributed by atoms with Crippen molar-refractivity contribution in [3.05, 3.63) is 29.8 Å². The first kappa shape index (κ1) is 17.1. The Morgan fingerprint density at radius 3 is 2.24 bits per heavy atom. The summed E-state index contributed by atoms with van der Waals surface area (Å²) in [6, 6.07) is 3.13. The Kier molecular flexibility index (Phi) is 5.08. The lowest BCUT2D eigenvalue weighted by Gasteiger charge is -2.19. The van der Waals surface area contributed by atoms with Gasteiger partial charge in [-0.3, -0.25) is 4.79 Å². The van der Waals surface area contributed by atoms with Crippen LogP contribution in [0.15, 0.2) is 24.3 Å². The third-order valence-electron chi connectivity index (χ3n) is 2.46. The number of benzene rings is 1. The van der Waals surface area contributed by atoms with Gasteiger partial charge in [-0.2, -0.15) is 26.3 Å². The smallest absolute Gasteiger partial charge is 0.373 e. The number of hydrogen-bond donors (Lipinski definition) is 2. The summed E-state index contributed by atoms with van der Waals surface area (Å²) in [5.41, 5.74) is -1.37. The van der Waals surface area contributed by atoms with Crippen molar-refractivity contribution in [3.63, 3.8) is 0 Å². The van der Waals surface area contributed by atoms with E-state index in [2.05, 4.69) is 5.32 Å². The largest absolute Gasteiger partial charge is 0.418 e. The van der Waals surface area contributed by atoms with Gasteiger partial charge in [-0.05, 0) is 19.1 Å². The Balaban J connectivity index is 2.75. The number of nitrogens with one attached hydrogen (secondary N) is 2. The molecule has 0 radical (unpaired) electrons. The molecule has 21 heavy (non-hydrogen) atoms. The van der Waals surface area contributed by atoms with Crippen LogP contribution in [0.4, 0.5) is 32.0 Å².